The average molecular weight is 311 g/mol. The van der Waals surface area contributed by atoms with Gasteiger partial charge in [-0.3, -0.25) is 9.59 Å². The van der Waals surface area contributed by atoms with Crippen molar-refractivity contribution in [3.8, 4) is 0 Å². The third-order valence-corrected chi connectivity index (χ3v) is 3.28. The Kier molecular flexibility index (Phi) is 6.17. The summed E-state index contributed by atoms with van der Waals surface area (Å²) < 4.78 is 0. The minimum absolute atomic E-state index is 0.0222. The van der Waals surface area contributed by atoms with Crippen LogP contribution in [-0.2, 0) is 16.1 Å². The molecule has 0 aliphatic rings. The van der Waals surface area contributed by atoms with Gasteiger partial charge in [0.15, 0.2) is 0 Å². The quantitative estimate of drug-likeness (QED) is 0.736. The van der Waals surface area contributed by atoms with Crippen LogP contribution in [0.5, 0.6) is 0 Å². The number of carbonyl (C=O) groups is 2. The molecule has 0 bridgehead atoms. The second-order valence-corrected chi connectivity index (χ2v) is 5.09. The first-order valence-electron chi connectivity index (χ1n) is 7.62. The standard InChI is InChI=1S/C18H21N3O2/c1-2-17(22)21-16-10-8-15(9-11-16)19-13-18(23)20-12-14-6-4-3-5-7-14/h3-11,19H,2,12-13H2,1H3,(H,20,23)(H,21,22). The van der Waals surface area contributed by atoms with E-state index in [1.807, 2.05) is 42.5 Å². The molecule has 0 saturated heterocycles. The summed E-state index contributed by atoms with van der Waals surface area (Å²) in [5.41, 5.74) is 2.64. The summed E-state index contributed by atoms with van der Waals surface area (Å²) in [6.07, 6.45) is 0.446. The number of carbonyl (C=O) groups excluding carboxylic acids is 2. The molecule has 0 heterocycles. The summed E-state index contributed by atoms with van der Waals surface area (Å²) in [6, 6.07) is 17.0. The van der Waals surface area contributed by atoms with Gasteiger partial charge in [0, 0.05) is 24.3 Å². The molecule has 2 aromatic carbocycles. The topological polar surface area (TPSA) is 70.2 Å². The van der Waals surface area contributed by atoms with E-state index in [0.717, 1.165) is 16.9 Å². The van der Waals surface area contributed by atoms with Gasteiger partial charge in [-0.1, -0.05) is 37.3 Å². The molecular formula is C18H21N3O2. The molecule has 0 saturated carbocycles. The lowest BCUT2D eigenvalue weighted by Gasteiger charge is -2.09. The van der Waals surface area contributed by atoms with Gasteiger partial charge in [0.2, 0.25) is 11.8 Å². The highest BCUT2D eigenvalue weighted by atomic mass is 16.2. The molecule has 3 N–H and O–H groups in total. The van der Waals surface area contributed by atoms with E-state index in [9.17, 15) is 9.59 Å². The lowest BCUT2D eigenvalue weighted by atomic mass is 10.2. The highest BCUT2D eigenvalue weighted by Crippen LogP contribution is 2.13. The van der Waals surface area contributed by atoms with Gasteiger partial charge in [0.25, 0.3) is 0 Å². The van der Waals surface area contributed by atoms with Crippen molar-refractivity contribution < 1.29 is 9.59 Å². The van der Waals surface area contributed by atoms with Crippen LogP contribution < -0.4 is 16.0 Å². The molecule has 0 aliphatic carbocycles. The summed E-state index contributed by atoms with van der Waals surface area (Å²) in [5.74, 6) is -0.0942. The van der Waals surface area contributed by atoms with Crippen molar-refractivity contribution in [2.45, 2.75) is 19.9 Å². The molecule has 0 fully saturated rings. The number of nitrogens with one attached hydrogen (secondary N) is 3. The van der Waals surface area contributed by atoms with Gasteiger partial charge in [-0.15, -0.1) is 0 Å². The summed E-state index contributed by atoms with van der Waals surface area (Å²) >= 11 is 0. The van der Waals surface area contributed by atoms with E-state index in [0.29, 0.717) is 13.0 Å². The normalized spacial score (nSPS) is 9.96. The van der Waals surface area contributed by atoms with E-state index >= 15 is 0 Å². The van der Waals surface area contributed by atoms with Crippen LogP contribution in [0.15, 0.2) is 54.6 Å². The second kappa shape index (κ2) is 8.58. The minimum atomic E-state index is -0.0720. The number of rotatable bonds is 7. The van der Waals surface area contributed by atoms with Crippen LogP contribution in [-0.4, -0.2) is 18.4 Å². The van der Waals surface area contributed by atoms with E-state index in [-0.39, 0.29) is 18.4 Å². The molecular weight excluding hydrogens is 290 g/mol. The lowest BCUT2D eigenvalue weighted by molar-refractivity contribution is -0.119. The summed E-state index contributed by atoms with van der Waals surface area (Å²) in [7, 11) is 0. The molecule has 2 aromatic rings. The maximum Gasteiger partial charge on any atom is 0.239 e. The SMILES string of the molecule is CCC(=O)Nc1ccc(NCC(=O)NCc2ccccc2)cc1. The van der Waals surface area contributed by atoms with Crippen molar-refractivity contribution in [1.82, 2.24) is 5.32 Å². The van der Waals surface area contributed by atoms with Crippen molar-refractivity contribution >= 4 is 23.2 Å². The fraction of sp³-hybridized carbons (Fsp3) is 0.222. The third-order valence-electron chi connectivity index (χ3n) is 3.28. The van der Waals surface area contributed by atoms with Crippen molar-refractivity contribution in [3.05, 3.63) is 60.2 Å². The van der Waals surface area contributed by atoms with Gasteiger partial charge >= 0.3 is 0 Å². The van der Waals surface area contributed by atoms with Crippen LogP contribution >= 0.6 is 0 Å². The highest BCUT2D eigenvalue weighted by Gasteiger charge is 2.02. The Balaban J connectivity index is 1.74. The van der Waals surface area contributed by atoms with E-state index < -0.39 is 0 Å². The van der Waals surface area contributed by atoms with Crippen LogP contribution in [0.2, 0.25) is 0 Å². The van der Waals surface area contributed by atoms with E-state index in [1.54, 1.807) is 19.1 Å². The van der Waals surface area contributed by atoms with Crippen molar-refractivity contribution in [3.63, 3.8) is 0 Å². The lowest BCUT2D eigenvalue weighted by Crippen LogP contribution is -2.29. The summed E-state index contributed by atoms with van der Waals surface area (Å²) in [4.78, 5) is 23.1. The van der Waals surface area contributed by atoms with Gasteiger partial charge in [-0.2, -0.15) is 0 Å². The zero-order valence-corrected chi connectivity index (χ0v) is 13.1. The van der Waals surface area contributed by atoms with Gasteiger partial charge in [-0.25, -0.2) is 0 Å². The third kappa shape index (κ3) is 5.82. The average Bonchev–Trinajstić information content (AvgIpc) is 2.60. The predicted octanol–water partition coefficient (Wildman–Crippen LogP) is 2.76. The van der Waals surface area contributed by atoms with Crippen LogP contribution in [0.4, 0.5) is 11.4 Å². The molecule has 23 heavy (non-hydrogen) atoms. The van der Waals surface area contributed by atoms with Crippen LogP contribution in [0.1, 0.15) is 18.9 Å². The Morgan fingerprint density at radius 3 is 2.17 bits per heavy atom. The molecule has 0 aromatic heterocycles. The highest BCUT2D eigenvalue weighted by molar-refractivity contribution is 5.90. The molecule has 0 atom stereocenters. The fourth-order valence-corrected chi connectivity index (χ4v) is 1.96. The van der Waals surface area contributed by atoms with Crippen molar-refractivity contribution in [2.75, 3.05) is 17.2 Å². The van der Waals surface area contributed by atoms with E-state index in [1.165, 1.54) is 0 Å². The number of hydrogen-bond donors (Lipinski definition) is 3. The fourth-order valence-electron chi connectivity index (χ4n) is 1.96. The maximum atomic E-state index is 11.8. The second-order valence-electron chi connectivity index (χ2n) is 5.09. The van der Waals surface area contributed by atoms with Crippen molar-refractivity contribution in [1.29, 1.82) is 0 Å². The smallest absolute Gasteiger partial charge is 0.239 e. The Morgan fingerprint density at radius 1 is 0.870 bits per heavy atom. The minimum Gasteiger partial charge on any atom is -0.376 e. The molecule has 0 spiro atoms. The molecule has 120 valence electrons. The van der Waals surface area contributed by atoms with E-state index in [2.05, 4.69) is 16.0 Å². The molecule has 0 radical (unpaired) electrons. The molecule has 5 heteroatoms. The van der Waals surface area contributed by atoms with Gasteiger partial charge in [-0.05, 0) is 29.8 Å². The summed E-state index contributed by atoms with van der Waals surface area (Å²) in [6.45, 7) is 2.52. The number of amides is 2. The predicted molar refractivity (Wildman–Crippen MR) is 92.1 cm³/mol. The van der Waals surface area contributed by atoms with Crippen molar-refractivity contribution in [2.24, 2.45) is 0 Å². The van der Waals surface area contributed by atoms with Crippen LogP contribution in [0.25, 0.3) is 0 Å². The molecule has 0 unspecified atom stereocenters. The molecule has 2 rings (SSSR count). The van der Waals surface area contributed by atoms with E-state index in [4.69, 9.17) is 0 Å². The number of benzene rings is 2. The molecule has 2 amide bonds. The Hall–Kier alpha value is -2.82. The Labute approximate surface area is 136 Å². The zero-order valence-electron chi connectivity index (χ0n) is 13.1. The van der Waals surface area contributed by atoms with Gasteiger partial charge < -0.3 is 16.0 Å². The monoisotopic (exact) mass is 311 g/mol. The zero-order chi connectivity index (χ0) is 16.5. The molecule has 0 aliphatic heterocycles. The maximum absolute atomic E-state index is 11.8. The Morgan fingerprint density at radius 2 is 1.52 bits per heavy atom. The summed E-state index contributed by atoms with van der Waals surface area (Å²) in [5, 5.41) is 8.68. The van der Waals surface area contributed by atoms with Crippen LogP contribution in [0.3, 0.4) is 0 Å². The Bertz CT molecular complexity index is 639. The number of anilines is 2. The van der Waals surface area contributed by atoms with Gasteiger partial charge in [0.1, 0.15) is 0 Å². The first kappa shape index (κ1) is 16.5. The first-order chi connectivity index (χ1) is 11.2. The molecule has 5 nitrogen and oxygen atoms in total. The van der Waals surface area contributed by atoms with Gasteiger partial charge in [0.05, 0.1) is 6.54 Å². The van der Waals surface area contributed by atoms with Crippen LogP contribution in [0, 0.1) is 0 Å². The first-order valence-corrected chi connectivity index (χ1v) is 7.62. The largest absolute Gasteiger partial charge is 0.376 e. The number of hydrogen-bond acceptors (Lipinski definition) is 3.